The predicted molar refractivity (Wildman–Crippen MR) is 129 cm³/mol. The van der Waals surface area contributed by atoms with E-state index in [9.17, 15) is 5.11 Å². The monoisotopic (exact) mass is 411 g/mol. The summed E-state index contributed by atoms with van der Waals surface area (Å²) < 4.78 is 2.19. The maximum Gasteiger partial charge on any atom is 0.147 e. The average Bonchev–Trinajstić information content (AvgIpc) is 3.36. The highest BCUT2D eigenvalue weighted by atomic mass is 16.3. The average molecular weight is 411 g/mol. The zero-order valence-electron chi connectivity index (χ0n) is 17.0. The molecule has 150 valence electrons. The van der Waals surface area contributed by atoms with Gasteiger partial charge < -0.3 is 5.11 Å². The number of phenols is 1. The fourth-order valence-corrected chi connectivity index (χ4v) is 4.87. The molecule has 0 bridgehead atoms. The van der Waals surface area contributed by atoms with Gasteiger partial charge in [0.05, 0.1) is 11.2 Å². The summed E-state index contributed by atoms with van der Waals surface area (Å²) in [5.74, 6) is 0.272. The van der Waals surface area contributed by atoms with E-state index in [1.165, 1.54) is 16.3 Å². The number of aromatic nitrogens is 3. The second-order valence-electron chi connectivity index (χ2n) is 8.08. The van der Waals surface area contributed by atoms with Crippen LogP contribution in [0.25, 0.3) is 60.7 Å². The minimum Gasteiger partial charge on any atom is -0.507 e. The molecule has 0 aliphatic heterocycles. The van der Waals surface area contributed by atoms with Crippen molar-refractivity contribution in [1.82, 2.24) is 14.4 Å². The molecule has 0 aliphatic rings. The second kappa shape index (κ2) is 6.28. The maximum atomic E-state index is 10.3. The van der Waals surface area contributed by atoms with Gasteiger partial charge in [0.2, 0.25) is 0 Å². The van der Waals surface area contributed by atoms with Crippen molar-refractivity contribution in [1.29, 1.82) is 0 Å². The number of rotatable bonds is 2. The number of benzene rings is 3. The van der Waals surface area contributed by atoms with Crippen molar-refractivity contribution < 1.29 is 5.11 Å². The molecule has 0 saturated carbocycles. The molecule has 3 aromatic carbocycles. The minimum absolute atomic E-state index is 0.272. The lowest BCUT2D eigenvalue weighted by Crippen LogP contribution is -1.90. The van der Waals surface area contributed by atoms with E-state index in [0.29, 0.717) is 0 Å². The normalized spacial score (nSPS) is 11.9. The van der Waals surface area contributed by atoms with Gasteiger partial charge in [-0.3, -0.25) is 4.40 Å². The zero-order chi connectivity index (χ0) is 21.2. The third-order valence-corrected chi connectivity index (χ3v) is 6.30. The van der Waals surface area contributed by atoms with Crippen LogP contribution in [0.4, 0.5) is 0 Å². The molecule has 4 nitrogen and oxygen atoms in total. The molecule has 0 fully saturated rings. The molecule has 4 heteroatoms. The molecule has 0 unspecified atom stereocenters. The summed E-state index contributed by atoms with van der Waals surface area (Å²) in [6, 6.07) is 30.3. The molecule has 32 heavy (non-hydrogen) atoms. The van der Waals surface area contributed by atoms with Crippen molar-refractivity contribution in [2.75, 3.05) is 0 Å². The number of pyridine rings is 2. The molecule has 0 amide bonds. The Morgan fingerprint density at radius 3 is 2.25 bits per heavy atom. The molecule has 1 N–H and O–H groups in total. The van der Waals surface area contributed by atoms with E-state index in [0.717, 1.165) is 44.5 Å². The smallest absolute Gasteiger partial charge is 0.147 e. The van der Waals surface area contributed by atoms with E-state index >= 15 is 0 Å². The lowest BCUT2D eigenvalue weighted by Gasteiger charge is -2.07. The van der Waals surface area contributed by atoms with Gasteiger partial charge in [0.15, 0.2) is 0 Å². The standard InChI is InChI=1S/C28H17N3O/c32-25-12-2-1-8-19(25)17-6-3-7-18(16-17)24-14-13-23-21-10-4-9-20-22-11-5-15-29-27(22)31(26(20)21)28(23)30-24/h1-16,32H. The Balaban J connectivity index is 1.51. The molecule has 0 saturated heterocycles. The van der Waals surface area contributed by atoms with Crippen LogP contribution < -0.4 is 0 Å². The lowest BCUT2D eigenvalue weighted by molar-refractivity contribution is 0.477. The van der Waals surface area contributed by atoms with Crippen LogP contribution >= 0.6 is 0 Å². The van der Waals surface area contributed by atoms with Gasteiger partial charge in [0.1, 0.15) is 17.0 Å². The van der Waals surface area contributed by atoms with Gasteiger partial charge in [0, 0.05) is 38.9 Å². The van der Waals surface area contributed by atoms with Gasteiger partial charge in [-0.2, -0.15) is 0 Å². The number of hydrogen-bond donors (Lipinski definition) is 1. The number of phenolic OH excluding ortho intramolecular Hbond substituents is 1. The van der Waals surface area contributed by atoms with Crippen LogP contribution in [-0.4, -0.2) is 19.5 Å². The predicted octanol–water partition coefficient (Wildman–Crippen LogP) is 6.67. The van der Waals surface area contributed by atoms with Crippen molar-refractivity contribution >= 4 is 38.4 Å². The first-order valence-electron chi connectivity index (χ1n) is 10.6. The van der Waals surface area contributed by atoms with Crippen LogP contribution in [0.15, 0.2) is 97.2 Å². The lowest BCUT2D eigenvalue weighted by atomic mass is 10.0. The third kappa shape index (κ3) is 2.26. The van der Waals surface area contributed by atoms with E-state index in [1.54, 1.807) is 6.07 Å². The molecule has 7 aromatic rings. The molecule has 0 atom stereocenters. The van der Waals surface area contributed by atoms with E-state index in [1.807, 2.05) is 42.6 Å². The third-order valence-electron chi connectivity index (χ3n) is 6.30. The van der Waals surface area contributed by atoms with Gasteiger partial charge in [-0.25, -0.2) is 9.97 Å². The molecule has 0 spiro atoms. The van der Waals surface area contributed by atoms with E-state index in [4.69, 9.17) is 4.98 Å². The van der Waals surface area contributed by atoms with E-state index in [2.05, 4.69) is 57.9 Å². The summed E-state index contributed by atoms with van der Waals surface area (Å²) in [6.45, 7) is 0. The Labute approximate surface area is 183 Å². The Morgan fingerprint density at radius 2 is 1.38 bits per heavy atom. The zero-order valence-corrected chi connectivity index (χ0v) is 17.0. The van der Waals surface area contributed by atoms with Crippen molar-refractivity contribution in [3.8, 4) is 28.1 Å². The first kappa shape index (κ1) is 17.3. The summed E-state index contributed by atoms with van der Waals surface area (Å²) in [5.41, 5.74) is 6.68. The van der Waals surface area contributed by atoms with Gasteiger partial charge in [0.25, 0.3) is 0 Å². The summed E-state index contributed by atoms with van der Waals surface area (Å²) in [6.07, 6.45) is 1.84. The Kier molecular flexibility index (Phi) is 3.39. The van der Waals surface area contributed by atoms with Gasteiger partial charge in [-0.15, -0.1) is 0 Å². The summed E-state index contributed by atoms with van der Waals surface area (Å²) in [4.78, 5) is 9.79. The topological polar surface area (TPSA) is 50.4 Å². The number of hydrogen-bond acceptors (Lipinski definition) is 3. The maximum absolute atomic E-state index is 10.3. The van der Waals surface area contributed by atoms with Crippen LogP contribution in [-0.2, 0) is 0 Å². The van der Waals surface area contributed by atoms with Gasteiger partial charge in [-0.1, -0.05) is 54.6 Å². The number of para-hydroxylation sites is 2. The highest BCUT2D eigenvalue weighted by Crippen LogP contribution is 2.38. The Bertz CT molecular complexity index is 1800. The Morgan fingerprint density at radius 1 is 0.625 bits per heavy atom. The van der Waals surface area contributed by atoms with Gasteiger partial charge in [-0.05, 0) is 42.0 Å². The quantitative estimate of drug-likeness (QED) is 0.346. The van der Waals surface area contributed by atoms with Crippen molar-refractivity contribution in [2.45, 2.75) is 0 Å². The van der Waals surface area contributed by atoms with Gasteiger partial charge >= 0.3 is 0 Å². The van der Waals surface area contributed by atoms with E-state index < -0.39 is 0 Å². The Hall–Kier alpha value is -4.44. The van der Waals surface area contributed by atoms with E-state index in [-0.39, 0.29) is 5.75 Å². The van der Waals surface area contributed by atoms with Crippen LogP contribution in [0.1, 0.15) is 0 Å². The highest BCUT2D eigenvalue weighted by Gasteiger charge is 2.19. The molecular formula is C28H17N3O. The largest absolute Gasteiger partial charge is 0.507 e. The molecule has 7 rings (SSSR count). The van der Waals surface area contributed by atoms with Crippen LogP contribution in [0.3, 0.4) is 0 Å². The van der Waals surface area contributed by atoms with Crippen LogP contribution in [0.5, 0.6) is 5.75 Å². The minimum atomic E-state index is 0.272. The van der Waals surface area contributed by atoms with Crippen LogP contribution in [0, 0.1) is 0 Å². The number of nitrogens with zero attached hydrogens (tertiary/aromatic N) is 3. The van der Waals surface area contributed by atoms with Crippen molar-refractivity contribution in [2.24, 2.45) is 0 Å². The van der Waals surface area contributed by atoms with Crippen LogP contribution in [0.2, 0.25) is 0 Å². The highest BCUT2D eigenvalue weighted by molar-refractivity contribution is 6.22. The molecule has 4 aromatic heterocycles. The van der Waals surface area contributed by atoms with Crippen molar-refractivity contribution in [3.63, 3.8) is 0 Å². The number of fused-ring (bicyclic) bond motifs is 6. The first-order valence-corrected chi connectivity index (χ1v) is 10.6. The molecular weight excluding hydrogens is 394 g/mol. The number of aromatic hydroxyl groups is 1. The summed E-state index contributed by atoms with van der Waals surface area (Å²) in [7, 11) is 0. The first-order chi connectivity index (χ1) is 15.8. The fourth-order valence-electron chi connectivity index (χ4n) is 4.87. The second-order valence-corrected chi connectivity index (χ2v) is 8.08. The molecule has 0 aliphatic carbocycles. The summed E-state index contributed by atoms with van der Waals surface area (Å²) in [5, 5.41) is 14.9. The molecule has 0 radical (unpaired) electrons. The fraction of sp³-hybridized carbons (Fsp3) is 0. The summed E-state index contributed by atoms with van der Waals surface area (Å²) >= 11 is 0. The van der Waals surface area contributed by atoms with Crippen molar-refractivity contribution in [3.05, 3.63) is 97.2 Å². The molecule has 4 heterocycles. The SMILES string of the molecule is Oc1ccccc1-c1cccc(-c2ccc3c4cccc5c6cccnc6n(c3n2)c54)c1.